The summed E-state index contributed by atoms with van der Waals surface area (Å²) in [5.41, 5.74) is 0.347. The molecular formula is C16H11ClFNO2. The number of carbonyl (C=O) groups is 1. The highest BCUT2D eigenvalue weighted by Crippen LogP contribution is 2.19. The van der Waals surface area contributed by atoms with Crippen molar-refractivity contribution >= 4 is 17.4 Å². The number of benzene rings is 2. The van der Waals surface area contributed by atoms with Gasteiger partial charge in [-0.2, -0.15) is 5.26 Å². The van der Waals surface area contributed by atoms with Crippen molar-refractivity contribution in [3.8, 4) is 11.8 Å². The third-order valence-electron chi connectivity index (χ3n) is 2.85. The van der Waals surface area contributed by atoms with Crippen LogP contribution in [0, 0.1) is 17.1 Å². The van der Waals surface area contributed by atoms with Gasteiger partial charge in [0.2, 0.25) is 5.78 Å². The van der Waals surface area contributed by atoms with E-state index in [1.54, 1.807) is 37.3 Å². The lowest BCUT2D eigenvalue weighted by molar-refractivity contribution is 0.0817. The zero-order chi connectivity index (χ0) is 15.4. The minimum absolute atomic E-state index is 0.0730. The Balaban J connectivity index is 2.14. The average Bonchev–Trinajstić information content (AvgIpc) is 2.46. The fourth-order valence-corrected chi connectivity index (χ4v) is 1.98. The SMILES string of the molecule is CC(Oc1ccc(C#N)c(F)c1)C(=O)c1cccc(Cl)c1. The Bertz CT molecular complexity index is 724. The maximum atomic E-state index is 13.5. The van der Waals surface area contributed by atoms with Crippen molar-refractivity contribution in [2.75, 3.05) is 0 Å². The molecule has 0 spiro atoms. The van der Waals surface area contributed by atoms with Gasteiger partial charge in [-0.25, -0.2) is 4.39 Å². The van der Waals surface area contributed by atoms with Crippen molar-refractivity contribution in [2.45, 2.75) is 13.0 Å². The largest absolute Gasteiger partial charge is 0.482 e. The third-order valence-corrected chi connectivity index (χ3v) is 3.09. The van der Waals surface area contributed by atoms with Gasteiger partial charge in [0.15, 0.2) is 6.10 Å². The molecule has 106 valence electrons. The number of halogens is 2. The number of carbonyl (C=O) groups excluding carboxylic acids is 1. The van der Waals surface area contributed by atoms with E-state index in [-0.39, 0.29) is 17.1 Å². The number of hydrogen-bond acceptors (Lipinski definition) is 3. The molecule has 2 rings (SSSR count). The summed E-state index contributed by atoms with van der Waals surface area (Å²) >= 11 is 5.83. The molecule has 1 atom stereocenters. The van der Waals surface area contributed by atoms with E-state index in [0.29, 0.717) is 10.6 Å². The predicted molar refractivity (Wildman–Crippen MR) is 77.0 cm³/mol. The second-order valence-corrected chi connectivity index (χ2v) is 4.82. The second-order valence-electron chi connectivity index (χ2n) is 4.39. The van der Waals surface area contributed by atoms with Crippen LogP contribution in [-0.4, -0.2) is 11.9 Å². The number of nitriles is 1. The normalized spacial score (nSPS) is 11.5. The first kappa shape index (κ1) is 15.0. The van der Waals surface area contributed by atoms with E-state index in [2.05, 4.69) is 0 Å². The standard InChI is InChI=1S/C16H11ClFNO2/c1-10(16(20)11-3-2-4-13(17)7-11)21-14-6-5-12(9-19)15(18)8-14/h2-8,10H,1H3. The zero-order valence-corrected chi connectivity index (χ0v) is 11.9. The summed E-state index contributed by atoms with van der Waals surface area (Å²) < 4.78 is 18.9. The van der Waals surface area contributed by atoms with Crippen LogP contribution in [0.25, 0.3) is 0 Å². The molecule has 0 radical (unpaired) electrons. The molecule has 3 nitrogen and oxygen atoms in total. The Hall–Kier alpha value is -2.38. The molecule has 2 aromatic carbocycles. The van der Waals surface area contributed by atoms with Gasteiger partial charge in [-0.3, -0.25) is 4.79 Å². The van der Waals surface area contributed by atoms with Crippen molar-refractivity contribution in [1.29, 1.82) is 5.26 Å². The third kappa shape index (κ3) is 3.59. The van der Waals surface area contributed by atoms with E-state index < -0.39 is 11.9 Å². The number of ether oxygens (including phenoxy) is 1. The lowest BCUT2D eigenvalue weighted by Crippen LogP contribution is -2.23. The molecular weight excluding hydrogens is 293 g/mol. The fourth-order valence-electron chi connectivity index (χ4n) is 1.79. The number of ketones is 1. The van der Waals surface area contributed by atoms with Crippen LogP contribution in [0.5, 0.6) is 5.75 Å². The van der Waals surface area contributed by atoms with E-state index in [9.17, 15) is 9.18 Å². The molecule has 0 saturated carbocycles. The Morgan fingerprint density at radius 2 is 2.10 bits per heavy atom. The number of Topliss-reactive ketones (excluding diaryl/α,β-unsaturated/α-hetero) is 1. The minimum Gasteiger partial charge on any atom is -0.482 e. The summed E-state index contributed by atoms with van der Waals surface area (Å²) in [4.78, 5) is 12.2. The molecule has 5 heteroatoms. The van der Waals surface area contributed by atoms with Crippen LogP contribution in [0.1, 0.15) is 22.8 Å². The van der Waals surface area contributed by atoms with Crippen LogP contribution in [0.15, 0.2) is 42.5 Å². The van der Waals surface area contributed by atoms with Crippen molar-refractivity contribution in [3.63, 3.8) is 0 Å². The van der Waals surface area contributed by atoms with Crippen LogP contribution < -0.4 is 4.74 Å². The van der Waals surface area contributed by atoms with Gasteiger partial charge in [-0.15, -0.1) is 0 Å². The van der Waals surface area contributed by atoms with Crippen LogP contribution >= 0.6 is 11.6 Å². The quantitative estimate of drug-likeness (QED) is 0.802. The second kappa shape index (κ2) is 6.38. The molecule has 0 aliphatic rings. The molecule has 0 bridgehead atoms. The van der Waals surface area contributed by atoms with E-state index in [0.717, 1.165) is 6.07 Å². The van der Waals surface area contributed by atoms with Crippen LogP contribution in [0.3, 0.4) is 0 Å². The summed E-state index contributed by atoms with van der Waals surface area (Å²) in [6, 6.07) is 12.1. The van der Waals surface area contributed by atoms with E-state index in [1.165, 1.54) is 12.1 Å². The van der Waals surface area contributed by atoms with Gasteiger partial charge in [-0.05, 0) is 31.2 Å². The van der Waals surface area contributed by atoms with Gasteiger partial charge in [0.25, 0.3) is 0 Å². The lowest BCUT2D eigenvalue weighted by atomic mass is 10.1. The Labute approximate surface area is 126 Å². The first-order valence-electron chi connectivity index (χ1n) is 6.17. The van der Waals surface area contributed by atoms with Crippen molar-refractivity contribution in [3.05, 3.63) is 64.4 Å². The van der Waals surface area contributed by atoms with E-state index in [4.69, 9.17) is 21.6 Å². The van der Waals surface area contributed by atoms with Gasteiger partial charge >= 0.3 is 0 Å². The summed E-state index contributed by atoms with van der Waals surface area (Å²) in [5.74, 6) is -0.756. The molecule has 0 saturated heterocycles. The molecule has 0 heterocycles. The van der Waals surface area contributed by atoms with Gasteiger partial charge in [0, 0.05) is 16.7 Å². The highest BCUT2D eigenvalue weighted by atomic mass is 35.5. The fraction of sp³-hybridized carbons (Fsp3) is 0.125. The van der Waals surface area contributed by atoms with Gasteiger partial charge in [0.05, 0.1) is 5.56 Å². The van der Waals surface area contributed by atoms with E-state index >= 15 is 0 Å². The molecule has 0 N–H and O–H groups in total. The van der Waals surface area contributed by atoms with Gasteiger partial charge in [-0.1, -0.05) is 23.7 Å². The molecule has 1 unspecified atom stereocenters. The van der Waals surface area contributed by atoms with Crippen LogP contribution in [0.4, 0.5) is 4.39 Å². The van der Waals surface area contributed by atoms with Gasteiger partial charge in [0.1, 0.15) is 17.6 Å². The number of hydrogen-bond donors (Lipinski definition) is 0. The summed E-state index contributed by atoms with van der Waals surface area (Å²) in [5, 5.41) is 9.11. The monoisotopic (exact) mass is 303 g/mol. The van der Waals surface area contributed by atoms with Crippen molar-refractivity contribution < 1.29 is 13.9 Å². The maximum absolute atomic E-state index is 13.5. The maximum Gasteiger partial charge on any atom is 0.203 e. The number of nitrogens with zero attached hydrogens (tertiary/aromatic N) is 1. The highest BCUT2D eigenvalue weighted by Gasteiger charge is 2.17. The van der Waals surface area contributed by atoms with Crippen molar-refractivity contribution in [1.82, 2.24) is 0 Å². The molecule has 0 fully saturated rings. The van der Waals surface area contributed by atoms with Gasteiger partial charge < -0.3 is 4.74 Å². The summed E-state index contributed by atoms with van der Waals surface area (Å²) in [6.07, 6.45) is -0.796. The molecule has 0 amide bonds. The molecule has 21 heavy (non-hydrogen) atoms. The highest BCUT2D eigenvalue weighted by molar-refractivity contribution is 6.31. The first-order chi connectivity index (χ1) is 10.0. The zero-order valence-electron chi connectivity index (χ0n) is 11.1. The van der Waals surface area contributed by atoms with Crippen LogP contribution in [0.2, 0.25) is 5.02 Å². The van der Waals surface area contributed by atoms with E-state index in [1.807, 2.05) is 0 Å². The topological polar surface area (TPSA) is 50.1 Å². The van der Waals surface area contributed by atoms with Crippen LogP contribution in [-0.2, 0) is 0 Å². The van der Waals surface area contributed by atoms with Crippen molar-refractivity contribution in [2.24, 2.45) is 0 Å². The number of rotatable bonds is 4. The lowest BCUT2D eigenvalue weighted by Gasteiger charge is -2.14. The first-order valence-corrected chi connectivity index (χ1v) is 6.55. The molecule has 2 aromatic rings. The molecule has 0 aliphatic carbocycles. The Morgan fingerprint density at radius 1 is 1.33 bits per heavy atom. The smallest absolute Gasteiger partial charge is 0.203 e. The Kier molecular flexibility index (Phi) is 4.56. The summed E-state index contributed by atoms with van der Waals surface area (Å²) in [6.45, 7) is 1.57. The molecule has 0 aliphatic heterocycles. The summed E-state index contributed by atoms with van der Waals surface area (Å²) in [7, 11) is 0. The predicted octanol–water partition coefficient (Wildman–Crippen LogP) is 4.00. The minimum atomic E-state index is -0.796. The average molecular weight is 304 g/mol. The Morgan fingerprint density at radius 3 is 2.71 bits per heavy atom. The molecule has 0 aromatic heterocycles.